The fourth-order valence-corrected chi connectivity index (χ4v) is 3.31. The number of benzene rings is 1. The SMILES string of the molecule is CC(C)C(C(=O)N(C)Cc1nccn1CC(F)(F)F)n1cnc2cc(F)c(F)cc21. The van der Waals surface area contributed by atoms with E-state index in [1.165, 1.54) is 35.2 Å². The molecule has 3 rings (SSSR count). The molecule has 0 fully saturated rings. The Morgan fingerprint density at radius 2 is 1.83 bits per heavy atom. The summed E-state index contributed by atoms with van der Waals surface area (Å²) in [5.41, 5.74) is 0.434. The normalized spacial score (nSPS) is 13.2. The van der Waals surface area contributed by atoms with Gasteiger partial charge < -0.3 is 14.0 Å². The van der Waals surface area contributed by atoms with Crippen LogP contribution >= 0.6 is 0 Å². The molecule has 162 valence electrons. The maximum atomic E-state index is 13.7. The molecule has 0 N–H and O–H groups in total. The number of aromatic nitrogens is 4. The Labute approximate surface area is 168 Å². The molecule has 1 unspecified atom stereocenters. The number of rotatable bonds is 6. The van der Waals surface area contributed by atoms with Gasteiger partial charge in [0.05, 0.1) is 23.9 Å². The zero-order valence-electron chi connectivity index (χ0n) is 16.5. The van der Waals surface area contributed by atoms with Crippen LogP contribution < -0.4 is 0 Å². The zero-order valence-corrected chi connectivity index (χ0v) is 16.5. The van der Waals surface area contributed by atoms with Crippen molar-refractivity contribution in [2.75, 3.05) is 7.05 Å². The van der Waals surface area contributed by atoms with Crippen LogP contribution in [0.3, 0.4) is 0 Å². The van der Waals surface area contributed by atoms with Crippen LogP contribution in [0, 0.1) is 17.6 Å². The Bertz CT molecular complexity index is 1060. The van der Waals surface area contributed by atoms with Crippen molar-refractivity contribution < 1.29 is 26.7 Å². The predicted molar refractivity (Wildman–Crippen MR) is 98.3 cm³/mol. The van der Waals surface area contributed by atoms with Crippen molar-refractivity contribution in [1.29, 1.82) is 0 Å². The van der Waals surface area contributed by atoms with Crippen LogP contribution in [-0.4, -0.2) is 43.1 Å². The van der Waals surface area contributed by atoms with Gasteiger partial charge in [-0.1, -0.05) is 13.8 Å². The highest BCUT2D eigenvalue weighted by molar-refractivity contribution is 5.84. The van der Waals surface area contributed by atoms with E-state index in [-0.39, 0.29) is 29.3 Å². The first-order valence-corrected chi connectivity index (χ1v) is 9.11. The smallest absolute Gasteiger partial charge is 0.336 e. The van der Waals surface area contributed by atoms with Gasteiger partial charge in [-0.3, -0.25) is 4.79 Å². The predicted octanol–water partition coefficient (Wildman–Crippen LogP) is 3.93. The molecule has 2 aromatic heterocycles. The Hall–Kier alpha value is -2.98. The van der Waals surface area contributed by atoms with Gasteiger partial charge in [-0.05, 0) is 5.92 Å². The van der Waals surface area contributed by atoms with Crippen LogP contribution in [0.2, 0.25) is 0 Å². The third kappa shape index (κ3) is 4.44. The second-order valence-corrected chi connectivity index (χ2v) is 7.38. The highest BCUT2D eigenvalue weighted by Gasteiger charge is 2.31. The fourth-order valence-electron chi connectivity index (χ4n) is 3.31. The summed E-state index contributed by atoms with van der Waals surface area (Å²) in [5.74, 6) is -2.72. The minimum absolute atomic E-state index is 0.0780. The van der Waals surface area contributed by atoms with E-state index in [4.69, 9.17) is 0 Å². The van der Waals surface area contributed by atoms with Crippen molar-refractivity contribution in [3.05, 3.63) is 48.3 Å². The standard InChI is InChI=1S/C19H20F5N5O/c1-11(2)17(29-10-26-14-6-12(20)13(21)7-15(14)29)18(30)27(3)8-16-25-4-5-28(16)9-19(22,23)24/h4-7,10-11,17H,8-9H2,1-3H3. The van der Waals surface area contributed by atoms with Crippen LogP contribution in [-0.2, 0) is 17.9 Å². The minimum atomic E-state index is -4.42. The molecule has 0 aliphatic rings. The first kappa shape index (κ1) is 21.7. The number of halogens is 5. The van der Waals surface area contributed by atoms with Crippen molar-refractivity contribution in [1.82, 2.24) is 24.0 Å². The summed E-state index contributed by atoms with van der Waals surface area (Å²) in [6, 6.07) is 1.09. The van der Waals surface area contributed by atoms with E-state index in [9.17, 15) is 26.7 Å². The van der Waals surface area contributed by atoms with Gasteiger partial charge >= 0.3 is 6.18 Å². The number of imidazole rings is 2. The fraction of sp³-hybridized carbons (Fsp3) is 0.421. The van der Waals surface area contributed by atoms with E-state index in [1.807, 2.05) is 0 Å². The Morgan fingerprint density at radius 3 is 2.47 bits per heavy atom. The number of fused-ring (bicyclic) bond motifs is 1. The minimum Gasteiger partial charge on any atom is -0.336 e. The van der Waals surface area contributed by atoms with Crippen molar-refractivity contribution in [2.24, 2.45) is 5.92 Å². The van der Waals surface area contributed by atoms with Gasteiger partial charge in [0.1, 0.15) is 18.4 Å². The first-order valence-electron chi connectivity index (χ1n) is 9.11. The molecule has 1 amide bonds. The molecule has 6 nitrogen and oxygen atoms in total. The van der Waals surface area contributed by atoms with Crippen molar-refractivity contribution in [3.63, 3.8) is 0 Å². The van der Waals surface area contributed by atoms with E-state index >= 15 is 0 Å². The summed E-state index contributed by atoms with van der Waals surface area (Å²) < 4.78 is 67.8. The molecular formula is C19H20F5N5O. The second kappa shape index (κ2) is 8.04. The number of nitrogens with zero attached hydrogens (tertiary/aromatic N) is 5. The molecule has 1 atom stereocenters. The first-order chi connectivity index (χ1) is 14.0. The van der Waals surface area contributed by atoms with Crippen molar-refractivity contribution in [2.45, 2.75) is 39.2 Å². The highest BCUT2D eigenvalue weighted by atomic mass is 19.4. The number of carbonyl (C=O) groups is 1. The molecule has 30 heavy (non-hydrogen) atoms. The average Bonchev–Trinajstić information content (AvgIpc) is 3.21. The van der Waals surface area contributed by atoms with Crippen LogP contribution in [0.1, 0.15) is 25.7 Å². The summed E-state index contributed by atoms with van der Waals surface area (Å²) >= 11 is 0. The van der Waals surface area contributed by atoms with Gasteiger partial charge in [0, 0.05) is 31.6 Å². The molecular weight excluding hydrogens is 409 g/mol. The largest absolute Gasteiger partial charge is 0.406 e. The zero-order chi connectivity index (χ0) is 22.2. The molecule has 11 heteroatoms. The lowest BCUT2D eigenvalue weighted by atomic mass is 10.0. The number of likely N-dealkylation sites (N-methyl/N-ethyl adjacent to an activating group) is 1. The molecule has 1 aromatic carbocycles. The molecule has 0 bridgehead atoms. The lowest BCUT2D eigenvalue weighted by Crippen LogP contribution is -2.37. The highest BCUT2D eigenvalue weighted by Crippen LogP contribution is 2.27. The molecule has 0 radical (unpaired) electrons. The van der Waals surface area contributed by atoms with Crippen LogP contribution in [0.4, 0.5) is 22.0 Å². The van der Waals surface area contributed by atoms with Crippen LogP contribution in [0.25, 0.3) is 11.0 Å². The number of amides is 1. The number of hydrogen-bond acceptors (Lipinski definition) is 3. The molecule has 0 saturated heterocycles. The van der Waals surface area contributed by atoms with Gasteiger partial charge in [-0.25, -0.2) is 18.7 Å². The topological polar surface area (TPSA) is 56.0 Å². The monoisotopic (exact) mass is 429 g/mol. The average molecular weight is 429 g/mol. The molecule has 0 aliphatic carbocycles. The number of carbonyl (C=O) groups excluding carboxylic acids is 1. The Kier molecular flexibility index (Phi) is 5.82. The number of hydrogen-bond donors (Lipinski definition) is 0. The van der Waals surface area contributed by atoms with Crippen LogP contribution in [0.15, 0.2) is 30.9 Å². The van der Waals surface area contributed by atoms with E-state index < -0.39 is 36.3 Å². The van der Waals surface area contributed by atoms with E-state index in [1.54, 1.807) is 13.8 Å². The maximum Gasteiger partial charge on any atom is 0.406 e. The molecule has 0 spiro atoms. The summed E-state index contributed by atoms with van der Waals surface area (Å²) in [4.78, 5) is 22.4. The summed E-state index contributed by atoms with van der Waals surface area (Å²) in [6.07, 6.45) is -0.667. The van der Waals surface area contributed by atoms with Crippen LogP contribution in [0.5, 0.6) is 0 Å². The van der Waals surface area contributed by atoms with E-state index in [2.05, 4.69) is 9.97 Å². The number of alkyl halides is 3. The van der Waals surface area contributed by atoms with Crippen molar-refractivity contribution in [3.8, 4) is 0 Å². The van der Waals surface area contributed by atoms with Crippen molar-refractivity contribution >= 4 is 16.9 Å². The Morgan fingerprint density at radius 1 is 1.17 bits per heavy atom. The second-order valence-electron chi connectivity index (χ2n) is 7.38. The molecule has 0 aliphatic heterocycles. The van der Waals surface area contributed by atoms with Gasteiger partial charge in [0.2, 0.25) is 5.91 Å². The molecule has 0 saturated carbocycles. The van der Waals surface area contributed by atoms with Gasteiger partial charge in [-0.2, -0.15) is 13.2 Å². The molecule has 3 aromatic rings. The Balaban J connectivity index is 1.88. The quantitative estimate of drug-likeness (QED) is 0.558. The van der Waals surface area contributed by atoms with E-state index in [0.717, 1.165) is 16.7 Å². The lowest BCUT2D eigenvalue weighted by Gasteiger charge is -2.28. The third-order valence-electron chi connectivity index (χ3n) is 4.71. The summed E-state index contributed by atoms with van der Waals surface area (Å²) in [5, 5.41) is 0. The lowest BCUT2D eigenvalue weighted by molar-refractivity contribution is -0.141. The third-order valence-corrected chi connectivity index (χ3v) is 4.71. The van der Waals surface area contributed by atoms with E-state index in [0.29, 0.717) is 0 Å². The van der Waals surface area contributed by atoms with Gasteiger partial charge in [0.15, 0.2) is 11.6 Å². The summed E-state index contributed by atoms with van der Waals surface area (Å²) in [7, 11) is 1.45. The maximum absolute atomic E-state index is 13.7. The van der Waals surface area contributed by atoms with Gasteiger partial charge in [0.25, 0.3) is 0 Å². The summed E-state index contributed by atoms with van der Waals surface area (Å²) in [6.45, 7) is 2.18. The van der Waals surface area contributed by atoms with Gasteiger partial charge in [-0.15, -0.1) is 0 Å². The molecule has 2 heterocycles.